The number of sulfone groups is 1. The van der Waals surface area contributed by atoms with Gasteiger partial charge in [0.25, 0.3) is 6.01 Å². The molecular formula is C23H27ClN4O6S. The third kappa shape index (κ3) is 5.10. The van der Waals surface area contributed by atoms with Crippen molar-refractivity contribution in [2.75, 3.05) is 37.5 Å². The highest BCUT2D eigenvalue weighted by atomic mass is 35.5. The monoisotopic (exact) mass is 522 g/mol. The molecule has 12 heteroatoms. The number of benzene rings is 1. The van der Waals surface area contributed by atoms with Crippen molar-refractivity contribution >= 4 is 38.3 Å². The third-order valence-electron chi connectivity index (χ3n) is 6.55. The smallest absolute Gasteiger partial charge is 0.296 e. The van der Waals surface area contributed by atoms with Crippen LogP contribution in [0.5, 0.6) is 6.01 Å². The fourth-order valence-corrected chi connectivity index (χ4v) is 5.79. The molecule has 3 aromatic rings. The van der Waals surface area contributed by atoms with Crippen LogP contribution in [0.15, 0.2) is 30.3 Å². The van der Waals surface area contributed by atoms with E-state index in [2.05, 4.69) is 19.9 Å². The first-order valence-corrected chi connectivity index (χ1v) is 13.7. The molecule has 2 aliphatic rings. The number of nitrogens with one attached hydrogen (secondary N) is 1. The Kier molecular flexibility index (Phi) is 6.62. The van der Waals surface area contributed by atoms with Crippen molar-refractivity contribution in [1.82, 2.24) is 15.0 Å². The Hall–Kier alpha value is -2.44. The van der Waals surface area contributed by atoms with Crippen molar-refractivity contribution in [2.45, 2.75) is 36.4 Å². The second kappa shape index (κ2) is 9.55. The Labute approximate surface area is 207 Å². The number of ether oxygens (including phenoxy) is 2. The van der Waals surface area contributed by atoms with Gasteiger partial charge in [-0.25, -0.2) is 13.4 Å². The zero-order valence-electron chi connectivity index (χ0n) is 19.1. The quantitative estimate of drug-likeness (QED) is 0.442. The van der Waals surface area contributed by atoms with Gasteiger partial charge >= 0.3 is 0 Å². The van der Waals surface area contributed by atoms with Gasteiger partial charge in [0.1, 0.15) is 12.2 Å². The van der Waals surface area contributed by atoms with Gasteiger partial charge in [-0.1, -0.05) is 23.7 Å². The van der Waals surface area contributed by atoms with Crippen LogP contribution >= 0.6 is 11.6 Å². The minimum atomic E-state index is -3.05. The van der Waals surface area contributed by atoms with E-state index in [0.717, 1.165) is 11.3 Å². The average molecular weight is 523 g/mol. The number of pyridine rings is 1. The van der Waals surface area contributed by atoms with Crippen molar-refractivity contribution in [3.8, 4) is 17.3 Å². The molecule has 2 aromatic heterocycles. The van der Waals surface area contributed by atoms with Gasteiger partial charge in [-0.05, 0) is 24.6 Å². The van der Waals surface area contributed by atoms with Crippen LogP contribution in [-0.2, 0) is 14.6 Å². The van der Waals surface area contributed by atoms with Gasteiger partial charge in [0, 0.05) is 37.0 Å². The van der Waals surface area contributed by atoms with Crippen LogP contribution in [0, 0.1) is 0 Å². The standard InChI is InChI=1S/C23H27ClN4O6S/c1-35(31,32)16-6-7-28(10-16)14-4-2-13(3-5-14)21-17(24)9-18-22(26-21)27-23(25-18)34-15-8-19(30)20(11-29)33-12-15/h2-5,9,15-16,19-20,29-30H,6-8,10-12H2,1H3,(H,25,26,27). The van der Waals surface area contributed by atoms with Crippen LogP contribution in [0.3, 0.4) is 0 Å². The number of aromatic amines is 1. The van der Waals surface area contributed by atoms with Gasteiger partial charge in [-0.15, -0.1) is 0 Å². The highest BCUT2D eigenvalue weighted by Crippen LogP contribution is 2.32. The molecule has 2 saturated heterocycles. The number of fused-ring (bicyclic) bond motifs is 1. The zero-order chi connectivity index (χ0) is 24.7. The van der Waals surface area contributed by atoms with E-state index in [9.17, 15) is 18.6 Å². The number of aliphatic hydroxyl groups excluding tert-OH is 2. The summed E-state index contributed by atoms with van der Waals surface area (Å²) in [5, 5.41) is 19.3. The Morgan fingerprint density at radius 1 is 1.29 bits per heavy atom. The molecule has 1 aromatic carbocycles. The summed E-state index contributed by atoms with van der Waals surface area (Å²) >= 11 is 6.52. The van der Waals surface area contributed by atoms with Crippen LogP contribution in [-0.4, -0.2) is 89.7 Å². The number of H-pyrrole nitrogens is 1. The fraction of sp³-hybridized carbons (Fsp3) is 0.478. The van der Waals surface area contributed by atoms with Crippen molar-refractivity contribution in [2.24, 2.45) is 0 Å². The molecule has 0 aliphatic carbocycles. The highest BCUT2D eigenvalue weighted by molar-refractivity contribution is 7.91. The summed E-state index contributed by atoms with van der Waals surface area (Å²) < 4.78 is 35.0. The van der Waals surface area contributed by atoms with Crippen LogP contribution in [0.1, 0.15) is 12.8 Å². The molecule has 5 rings (SSSR count). The molecule has 0 radical (unpaired) electrons. The average Bonchev–Trinajstić information content (AvgIpc) is 3.46. The zero-order valence-corrected chi connectivity index (χ0v) is 20.7. The highest BCUT2D eigenvalue weighted by Gasteiger charge is 2.32. The lowest BCUT2D eigenvalue weighted by molar-refractivity contribution is -0.131. The molecule has 0 amide bonds. The number of aromatic nitrogens is 3. The molecule has 0 spiro atoms. The molecule has 0 bridgehead atoms. The summed E-state index contributed by atoms with van der Waals surface area (Å²) in [7, 11) is -3.05. The summed E-state index contributed by atoms with van der Waals surface area (Å²) in [6, 6.07) is 9.67. The van der Waals surface area contributed by atoms with Crippen LogP contribution < -0.4 is 9.64 Å². The molecule has 3 N–H and O–H groups in total. The molecule has 0 saturated carbocycles. The summed E-state index contributed by atoms with van der Waals surface area (Å²) in [4.78, 5) is 14.1. The molecule has 35 heavy (non-hydrogen) atoms. The Bertz CT molecular complexity index is 1320. The van der Waals surface area contributed by atoms with E-state index < -0.39 is 28.1 Å². The maximum Gasteiger partial charge on any atom is 0.296 e. The van der Waals surface area contributed by atoms with E-state index in [0.29, 0.717) is 47.8 Å². The van der Waals surface area contributed by atoms with Gasteiger partial charge in [-0.3, -0.25) is 0 Å². The largest absolute Gasteiger partial charge is 0.459 e. The van der Waals surface area contributed by atoms with E-state index >= 15 is 0 Å². The van der Waals surface area contributed by atoms with E-state index in [1.807, 2.05) is 24.3 Å². The molecule has 188 valence electrons. The van der Waals surface area contributed by atoms with E-state index in [1.54, 1.807) is 6.07 Å². The van der Waals surface area contributed by atoms with E-state index in [-0.39, 0.29) is 24.5 Å². The fourth-order valence-electron chi connectivity index (χ4n) is 4.54. The predicted molar refractivity (Wildman–Crippen MR) is 132 cm³/mol. The first-order valence-electron chi connectivity index (χ1n) is 11.4. The van der Waals surface area contributed by atoms with E-state index in [4.69, 9.17) is 21.1 Å². The minimum absolute atomic E-state index is 0.229. The van der Waals surface area contributed by atoms with Crippen LogP contribution in [0.2, 0.25) is 5.02 Å². The first kappa shape index (κ1) is 24.3. The van der Waals surface area contributed by atoms with Gasteiger partial charge in [0.05, 0.1) is 40.8 Å². The second-order valence-electron chi connectivity index (χ2n) is 9.06. The maximum absolute atomic E-state index is 11.9. The SMILES string of the molecule is CS(=O)(=O)C1CCN(c2ccc(-c3nc4nc(OC5COC(CO)C(O)C5)[nH]c4cc3Cl)cc2)C1. The minimum Gasteiger partial charge on any atom is -0.459 e. The summed E-state index contributed by atoms with van der Waals surface area (Å²) in [6.07, 6.45) is 0.398. The lowest BCUT2D eigenvalue weighted by atomic mass is 10.0. The van der Waals surface area contributed by atoms with Crippen LogP contribution in [0.4, 0.5) is 5.69 Å². The molecule has 4 heterocycles. The topological polar surface area (TPSA) is 138 Å². The summed E-state index contributed by atoms with van der Waals surface area (Å²) in [5.41, 5.74) is 3.38. The number of imidazole rings is 1. The lowest BCUT2D eigenvalue weighted by Gasteiger charge is -2.31. The second-order valence-corrected chi connectivity index (χ2v) is 11.8. The predicted octanol–water partition coefficient (Wildman–Crippen LogP) is 1.79. The Morgan fingerprint density at radius 3 is 2.71 bits per heavy atom. The van der Waals surface area contributed by atoms with Gasteiger partial charge < -0.3 is 29.6 Å². The number of nitrogens with zero attached hydrogens (tertiary/aromatic N) is 3. The molecule has 10 nitrogen and oxygen atoms in total. The number of rotatable bonds is 6. The number of aliphatic hydroxyl groups is 2. The first-order chi connectivity index (χ1) is 16.7. The van der Waals surface area contributed by atoms with Gasteiger partial charge in [0.2, 0.25) is 0 Å². The number of hydrogen-bond donors (Lipinski definition) is 3. The van der Waals surface area contributed by atoms with Gasteiger partial charge in [0.15, 0.2) is 15.5 Å². The summed E-state index contributed by atoms with van der Waals surface area (Å²) in [5.74, 6) is 0. The maximum atomic E-state index is 11.9. The lowest BCUT2D eigenvalue weighted by Crippen LogP contribution is -2.45. The molecule has 4 unspecified atom stereocenters. The van der Waals surface area contributed by atoms with Crippen LogP contribution in [0.25, 0.3) is 22.4 Å². The number of hydrogen-bond acceptors (Lipinski definition) is 9. The number of anilines is 1. The molecule has 2 fully saturated rings. The van der Waals surface area contributed by atoms with Crippen molar-refractivity contribution in [3.63, 3.8) is 0 Å². The summed E-state index contributed by atoms with van der Waals surface area (Å²) in [6.45, 7) is 1.17. The Balaban J connectivity index is 1.31. The Morgan fingerprint density at radius 2 is 2.06 bits per heavy atom. The third-order valence-corrected chi connectivity index (χ3v) is 8.43. The van der Waals surface area contributed by atoms with E-state index in [1.165, 1.54) is 6.26 Å². The number of halogens is 1. The van der Waals surface area contributed by atoms with Crippen molar-refractivity contribution in [3.05, 3.63) is 35.4 Å². The van der Waals surface area contributed by atoms with Crippen molar-refractivity contribution < 1.29 is 28.1 Å². The molecular weight excluding hydrogens is 496 g/mol. The molecule has 2 aliphatic heterocycles. The molecule has 4 atom stereocenters. The van der Waals surface area contributed by atoms with Crippen molar-refractivity contribution in [1.29, 1.82) is 0 Å². The van der Waals surface area contributed by atoms with Gasteiger partial charge in [-0.2, -0.15) is 4.98 Å². The normalized spacial score (nSPS) is 25.3.